The van der Waals surface area contributed by atoms with Gasteiger partial charge in [0.15, 0.2) is 6.04 Å². The Balaban J connectivity index is 1.99. The van der Waals surface area contributed by atoms with Crippen molar-refractivity contribution >= 4 is 40.4 Å². The maximum atomic E-state index is 14.3. The molecule has 2 amide bonds. The molecule has 0 aromatic carbocycles. The lowest BCUT2D eigenvalue weighted by Crippen LogP contribution is -2.46. The number of hydrogen-bond acceptors (Lipinski definition) is 7. The lowest BCUT2D eigenvalue weighted by atomic mass is 9.98. The van der Waals surface area contributed by atoms with Crippen LogP contribution in [0.15, 0.2) is 17.3 Å². The lowest BCUT2D eigenvalue weighted by molar-refractivity contribution is -0.132. The molecule has 8 nitrogen and oxygen atoms in total. The second-order valence-corrected chi connectivity index (χ2v) is 12.4. The van der Waals surface area contributed by atoms with Crippen LogP contribution in [0.1, 0.15) is 78.4 Å². The fraction of sp³-hybridized carbons (Fsp3) is 0.667. The third kappa shape index (κ3) is 7.96. The van der Waals surface area contributed by atoms with Gasteiger partial charge in [-0.3, -0.25) is 14.6 Å². The number of aromatic nitrogens is 1. The van der Waals surface area contributed by atoms with Gasteiger partial charge in [0.2, 0.25) is 0 Å². The van der Waals surface area contributed by atoms with Gasteiger partial charge in [0, 0.05) is 41.9 Å². The van der Waals surface area contributed by atoms with Crippen LogP contribution >= 0.6 is 12.2 Å². The Morgan fingerprint density at radius 1 is 1.27 bits per heavy atom. The SMILES string of the molecule is CC(=NC(C(=O)N1CC(F)(F)C[C@@H]1C)C(=S)c1cnc(NC(C)(C)C2CC2)cc1C(F)F)C(=O)NCC(C)(C)O. The smallest absolute Gasteiger partial charge is 0.267 e. The summed E-state index contributed by atoms with van der Waals surface area (Å²) in [5, 5.41) is 15.5. The second-order valence-electron chi connectivity index (χ2n) is 11.9. The number of hydrogen-bond donors (Lipinski definition) is 3. The van der Waals surface area contributed by atoms with Gasteiger partial charge < -0.3 is 20.6 Å². The molecule has 1 saturated heterocycles. The van der Waals surface area contributed by atoms with E-state index in [9.17, 15) is 32.3 Å². The fourth-order valence-corrected chi connectivity index (χ4v) is 5.00. The number of halogens is 4. The number of likely N-dealkylation sites (tertiary alicyclic amines) is 1. The summed E-state index contributed by atoms with van der Waals surface area (Å²) >= 11 is 5.48. The van der Waals surface area contributed by atoms with Crippen molar-refractivity contribution in [1.82, 2.24) is 15.2 Å². The number of alkyl halides is 4. The minimum atomic E-state index is -3.14. The van der Waals surface area contributed by atoms with E-state index in [4.69, 9.17) is 12.2 Å². The van der Waals surface area contributed by atoms with Crippen LogP contribution in [0.2, 0.25) is 0 Å². The van der Waals surface area contributed by atoms with Crippen molar-refractivity contribution in [2.75, 3.05) is 18.4 Å². The normalized spacial score (nSPS) is 20.4. The minimum Gasteiger partial charge on any atom is -0.389 e. The summed E-state index contributed by atoms with van der Waals surface area (Å²) in [5.74, 6) is -4.22. The van der Waals surface area contributed by atoms with Gasteiger partial charge in [0.25, 0.3) is 24.2 Å². The van der Waals surface area contributed by atoms with Gasteiger partial charge >= 0.3 is 0 Å². The van der Waals surface area contributed by atoms with Crippen LogP contribution < -0.4 is 10.6 Å². The van der Waals surface area contributed by atoms with E-state index in [0.29, 0.717) is 5.92 Å². The Morgan fingerprint density at radius 3 is 2.40 bits per heavy atom. The molecule has 3 N–H and O–H groups in total. The molecule has 222 valence electrons. The first kappa shape index (κ1) is 31.9. The molecule has 1 aliphatic carbocycles. The van der Waals surface area contributed by atoms with Gasteiger partial charge in [-0.15, -0.1) is 0 Å². The number of carbonyl (C=O) groups excluding carboxylic acids is 2. The van der Waals surface area contributed by atoms with Crippen molar-refractivity contribution in [3.05, 3.63) is 23.4 Å². The molecule has 0 bridgehead atoms. The number of rotatable bonds is 11. The Kier molecular flexibility index (Phi) is 9.29. The second kappa shape index (κ2) is 11.7. The third-order valence-corrected chi connectivity index (χ3v) is 7.55. The molecule has 1 saturated carbocycles. The zero-order chi connectivity index (χ0) is 30.2. The summed E-state index contributed by atoms with van der Waals surface area (Å²) in [4.78, 5) is 35.1. The number of aliphatic hydroxyl groups is 1. The first-order valence-corrected chi connectivity index (χ1v) is 13.6. The van der Waals surface area contributed by atoms with E-state index in [1.807, 2.05) is 13.8 Å². The standard InChI is InChI=1S/C27H37F4N5O3S/c1-14-10-27(30,31)13-36(14)24(38)20(34-15(2)23(37)33-12-25(3,4)39)21(40)18-11-32-19(9-17(18)22(28)29)35-26(5,6)16-7-8-16/h9,11,14,16,20,22,39H,7-8,10,12-13H2,1-6H3,(H,32,35)(H,33,37)/t14-,20?/m0/s1. The molecule has 1 aromatic rings. The molecule has 2 fully saturated rings. The molecule has 2 heterocycles. The molecule has 13 heteroatoms. The van der Waals surface area contributed by atoms with Crippen LogP contribution in [0, 0.1) is 5.92 Å². The van der Waals surface area contributed by atoms with E-state index in [1.165, 1.54) is 27.7 Å². The highest BCUT2D eigenvalue weighted by molar-refractivity contribution is 7.81. The highest BCUT2D eigenvalue weighted by Gasteiger charge is 2.47. The summed E-state index contributed by atoms with van der Waals surface area (Å²) < 4.78 is 56.8. The van der Waals surface area contributed by atoms with Gasteiger partial charge in [0.05, 0.1) is 22.7 Å². The predicted molar refractivity (Wildman–Crippen MR) is 148 cm³/mol. The summed E-state index contributed by atoms with van der Waals surface area (Å²) in [6.07, 6.45) is -0.415. The van der Waals surface area contributed by atoms with Gasteiger partial charge in [0.1, 0.15) is 5.82 Å². The average molecular weight is 588 g/mol. The van der Waals surface area contributed by atoms with Gasteiger partial charge in [-0.2, -0.15) is 0 Å². The van der Waals surface area contributed by atoms with Crippen molar-refractivity contribution in [3.8, 4) is 0 Å². The van der Waals surface area contributed by atoms with Crippen LogP contribution in [-0.2, 0) is 9.59 Å². The molecule has 0 spiro atoms. The highest BCUT2D eigenvalue weighted by Crippen LogP contribution is 2.41. The van der Waals surface area contributed by atoms with E-state index in [0.717, 1.165) is 30.0 Å². The van der Waals surface area contributed by atoms with Crippen LogP contribution in [0.4, 0.5) is 23.4 Å². The van der Waals surface area contributed by atoms with Crippen molar-refractivity contribution < 1.29 is 32.3 Å². The number of nitrogens with one attached hydrogen (secondary N) is 2. The number of nitrogens with zero attached hydrogens (tertiary/aromatic N) is 3. The fourth-order valence-electron chi connectivity index (χ4n) is 4.68. The molecule has 0 radical (unpaired) electrons. The zero-order valence-corrected chi connectivity index (χ0v) is 24.3. The molecular weight excluding hydrogens is 550 g/mol. The van der Waals surface area contributed by atoms with Crippen molar-refractivity contribution in [2.45, 2.75) is 96.4 Å². The van der Waals surface area contributed by atoms with Crippen molar-refractivity contribution in [3.63, 3.8) is 0 Å². The van der Waals surface area contributed by atoms with E-state index in [2.05, 4.69) is 20.6 Å². The highest BCUT2D eigenvalue weighted by atomic mass is 32.1. The molecule has 40 heavy (non-hydrogen) atoms. The zero-order valence-electron chi connectivity index (χ0n) is 23.5. The number of anilines is 1. The number of pyridine rings is 1. The molecule has 3 rings (SSSR count). The summed E-state index contributed by atoms with van der Waals surface area (Å²) in [6, 6.07) is -1.41. The number of carbonyl (C=O) groups is 2. The Morgan fingerprint density at radius 2 is 1.90 bits per heavy atom. The molecule has 1 unspecified atom stereocenters. The molecule has 1 aromatic heterocycles. The van der Waals surface area contributed by atoms with E-state index in [-0.39, 0.29) is 34.0 Å². The molecule has 2 aliphatic rings. The molecular formula is C27H37F4N5O3S. The summed E-state index contributed by atoms with van der Waals surface area (Å²) in [5.41, 5.74) is -2.57. The number of amides is 2. The Labute approximate surface area is 237 Å². The van der Waals surface area contributed by atoms with Crippen LogP contribution in [0.3, 0.4) is 0 Å². The van der Waals surface area contributed by atoms with Crippen molar-refractivity contribution in [1.29, 1.82) is 0 Å². The number of aliphatic imine (C=N–C) groups is 1. The van der Waals surface area contributed by atoms with Crippen LogP contribution in [-0.4, -0.2) is 79.6 Å². The predicted octanol–water partition coefficient (Wildman–Crippen LogP) is 4.31. The maximum absolute atomic E-state index is 14.3. The van der Waals surface area contributed by atoms with Crippen LogP contribution in [0.25, 0.3) is 0 Å². The summed E-state index contributed by atoms with van der Waals surface area (Å²) in [7, 11) is 0. The number of thiocarbonyl (C=S) groups is 1. The van der Waals surface area contributed by atoms with E-state index >= 15 is 0 Å². The first-order valence-electron chi connectivity index (χ1n) is 13.1. The Bertz CT molecular complexity index is 1180. The Hall–Kier alpha value is -2.67. The molecule has 1 aliphatic heterocycles. The topological polar surface area (TPSA) is 107 Å². The maximum Gasteiger partial charge on any atom is 0.267 e. The van der Waals surface area contributed by atoms with Gasteiger partial charge in [-0.1, -0.05) is 12.2 Å². The average Bonchev–Trinajstić information content (AvgIpc) is 3.65. The first-order chi connectivity index (χ1) is 18.3. The van der Waals surface area contributed by atoms with E-state index in [1.54, 1.807) is 0 Å². The molecule has 2 atom stereocenters. The lowest BCUT2D eigenvalue weighted by Gasteiger charge is -2.28. The van der Waals surface area contributed by atoms with Gasteiger partial charge in [-0.05, 0) is 66.4 Å². The third-order valence-electron chi connectivity index (χ3n) is 7.11. The quantitative estimate of drug-likeness (QED) is 0.154. The van der Waals surface area contributed by atoms with Gasteiger partial charge in [-0.25, -0.2) is 22.5 Å². The van der Waals surface area contributed by atoms with E-state index < -0.39 is 60.4 Å². The van der Waals surface area contributed by atoms with Crippen LogP contribution in [0.5, 0.6) is 0 Å². The monoisotopic (exact) mass is 587 g/mol. The largest absolute Gasteiger partial charge is 0.389 e. The summed E-state index contributed by atoms with van der Waals surface area (Å²) in [6.45, 7) is 8.55. The minimum absolute atomic E-state index is 0.137. The van der Waals surface area contributed by atoms with Crippen molar-refractivity contribution in [2.24, 2.45) is 10.9 Å².